The molecule has 0 bridgehead atoms. The maximum atomic E-state index is 13.4. The number of fused-ring (bicyclic) bond motifs is 3. The van der Waals surface area contributed by atoms with Crippen molar-refractivity contribution in [1.82, 2.24) is 0 Å². The Bertz CT molecular complexity index is 638. The van der Waals surface area contributed by atoms with Crippen LogP contribution in [0.4, 0.5) is 10.1 Å². The first kappa shape index (κ1) is 13.7. The van der Waals surface area contributed by atoms with Crippen LogP contribution in [-0.2, 0) is 9.53 Å². The summed E-state index contributed by atoms with van der Waals surface area (Å²) in [6.45, 7) is 5.90. The lowest BCUT2D eigenvalue weighted by Crippen LogP contribution is -2.37. The minimum Gasteiger partial charge on any atom is -0.462 e. The number of hydrogen-bond acceptors (Lipinski definition) is 4. The lowest BCUT2D eigenvalue weighted by Gasteiger charge is -2.32. The molecule has 2 aliphatic heterocycles. The number of rotatable bonds is 3. The van der Waals surface area contributed by atoms with E-state index in [9.17, 15) is 9.18 Å². The van der Waals surface area contributed by atoms with Gasteiger partial charge in [-0.1, -0.05) is 6.08 Å². The van der Waals surface area contributed by atoms with E-state index in [1.807, 2.05) is 11.0 Å². The maximum Gasteiger partial charge on any atom is 0.339 e. The number of benzene rings is 1. The SMILES string of the molecule is C=C[C@H]1CCC(C(=O)OCC)=C2Oc3cc(F)ccc3N21. The van der Waals surface area contributed by atoms with Crippen molar-refractivity contribution in [2.45, 2.75) is 25.8 Å². The molecule has 2 heterocycles. The molecule has 4 nitrogen and oxygen atoms in total. The fourth-order valence-corrected chi connectivity index (χ4v) is 2.73. The third-order valence-corrected chi connectivity index (χ3v) is 3.68. The van der Waals surface area contributed by atoms with Crippen molar-refractivity contribution < 1.29 is 18.7 Å². The first-order valence-electron chi connectivity index (χ1n) is 6.95. The topological polar surface area (TPSA) is 38.8 Å². The highest BCUT2D eigenvalue weighted by atomic mass is 19.1. The maximum absolute atomic E-state index is 13.4. The largest absolute Gasteiger partial charge is 0.462 e. The predicted molar refractivity (Wildman–Crippen MR) is 76.4 cm³/mol. The van der Waals surface area contributed by atoms with Gasteiger partial charge in [-0.05, 0) is 31.9 Å². The molecular weight excluding hydrogens is 273 g/mol. The quantitative estimate of drug-likeness (QED) is 0.633. The zero-order valence-electron chi connectivity index (χ0n) is 11.8. The minimum atomic E-state index is -0.381. The second-order valence-corrected chi connectivity index (χ2v) is 4.93. The molecule has 3 rings (SSSR count). The van der Waals surface area contributed by atoms with E-state index in [-0.39, 0.29) is 17.8 Å². The number of esters is 1. The summed E-state index contributed by atoms with van der Waals surface area (Å²) in [6, 6.07) is 4.38. The van der Waals surface area contributed by atoms with Gasteiger partial charge in [0.15, 0.2) is 5.75 Å². The summed E-state index contributed by atoms with van der Waals surface area (Å²) in [7, 11) is 0. The minimum absolute atomic E-state index is 0.0184. The zero-order valence-corrected chi connectivity index (χ0v) is 11.8. The van der Waals surface area contributed by atoms with E-state index in [0.29, 0.717) is 30.2 Å². The normalized spacial score (nSPS) is 19.7. The summed E-state index contributed by atoms with van der Waals surface area (Å²) in [5, 5.41) is 0. The van der Waals surface area contributed by atoms with Crippen molar-refractivity contribution >= 4 is 11.7 Å². The number of carbonyl (C=O) groups excluding carboxylic acids is 1. The second kappa shape index (κ2) is 5.24. The highest BCUT2D eigenvalue weighted by Gasteiger charge is 2.39. The lowest BCUT2D eigenvalue weighted by molar-refractivity contribution is -0.139. The molecule has 0 saturated heterocycles. The van der Waals surface area contributed by atoms with E-state index in [1.54, 1.807) is 13.0 Å². The van der Waals surface area contributed by atoms with Crippen LogP contribution in [-0.4, -0.2) is 18.6 Å². The lowest BCUT2D eigenvalue weighted by atomic mass is 9.99. The fourth-order valence-electron chi connectivity index (χ4n) is 2.73. The van der Waals surface area contributed by atoms with Gasteiger partial charge in [0, 0.05) is 6.07 Å². The molecule has 110 valence electrons. The second-order valence-electron chi connectivity index (χ2n) is 4.93. The molecule has 0 amide bonds. The van der Waals surface area contributed by atoms with Crippen molar-refractivity contribution in [3.8, 4) is 5.75 Å². The molecule has 0 spiro atoms. The van der Waals surface area contributed by atoms with Crippen LogP contribution < -0.4 is 9.64 Å². The Kier molecular flexibility index (Phi) is 3.41. The Hall–Kier alpha value is -2.30. The molecule has 0 radical (unpaired) electrons. The molecule has 0 aliphatic carbocycles. The fraction of sp³-hybridized carbons (Fsp3) is 0.312. The van der Waals surface area contributed by atoms with Gasteiger partial charge in [0.2, 0.25) is 5.88 Å². The molecule has 0 aromatic heterocycles. The summed E-state index contributed by atoms with van der Waals surface area (Å²) < 4.78 is 24.2. The Balaban J connectivity index is 2.08. The van der Waals surface area contributed by atoms with Gasteiger partial charge in [-0.25, -0.2) is 9.18 Å². The van der Waals surface area contributed by atoms with Crippen LogP contribution in [0.25, 0.3) is 0 Å². The molecule has 0 fully saturated rings. The average Bonchev–Trinajstić information content (AvgIpc) is 2.84. The number of nitrogens with zero attached hydrogens (tertiary/aromatic N) is 1. The molecule has 2 aliphatic rings. The molecule has 0 N–H and O–H groups in total. The van der Waals surface area contributed by atoms with Crippen LogP contribution in [0.2, 0.25) is 0 Å². The van der Waals surface area contributed by atoms with Crippen molar-refractivity contribution in [3.05, 3.63) is 48.1 Å². The van der Waals surface area contributed by atoms with Crippen molar-refractivity contribution in [3.63, 3.8) is 0 Å². The van der Waals surface area contributed by atoms with Crippen LogP contribution >= 0.6 is 0 Å². The van der Waals surface area contributed by atoms with Crippen molar-refractivity contribution in [2.75, 3.05) is 11.5 Å². The Labute approximate surface area is 122 Å². The summed E-state index contributed by atoms with van der Waals surface area (Å²) in [6.07, 6.45) is 3.10. The molecular formula is C16H16FNO3. The highest BCUT2D eigenvalue weighted by molar-refractivity contribution is 5.91. The summed E-state index contributed by atoms with van der Waals surface area (Å²) >= 11 is 0. The van der Waals surface area contributed by atoms with E-state index in [1.165, 1.54) is 12.1 Å². The van der Waals surface area contributed by atoms with E-state index in [0.717, 1.165) is 12.1 Å². The molecule has 21 heavy (non-hydrogen) atoms. The number of ether oxygens (including phenoxy) is 2. The van der Waals surface area contributed by atoms with Gasteiger partial charge in [0.1, 0.15) is 5.82 Å². The first-order chi connectivity index (χ1) is 10.2. The number of anilines is 1. The summed E-state index contributed by atoms with van der Waals surface area (Å²) in [5.74, 6) is 0.0982. The third-order valence-electron chi connectivity index (χ3n) is 3.68. The van der Waals surface area contributed by atoms with Crippen LogP contribution in [0, 0.1) is 5.82 Å². The van der Waals surface area contributed by atoms with Crippen LogP contribution in [0.1, 0.15) is 19.8 Å². The smallest absolute Gasteiger partial charge is 0.339 e. The van der Waals surface area contributed by atoms with Gasteiger partial charge in [-0.3, -0.25) is 0 Å². The highest BCUT2D eigenvalue weighted by Crippen LogP contribution is 2.45. The molecule has 1 atom stereocenters. The Morgan fingerprint density at radius 1 is 1.62 bits per heavy atom. The van der Waals surface area contributed by atoms with E-state index >= 15 is 0 Å². The van der Waals surface area contributed by atoms with Crippen LogP contribution in [0.15, 0.2) is 42.3 Å². The number of halogens is 1. The molecule has 1 aromatic carbocycles. The van der Waals surface area contributed by atoms with Crippen molar-refractivity contribution in [2.24, 2.45) is 0 Å². The summed E-state index contributed by atoms with van der Waals surface area (Å²) in [4.78, 5) is 14.0. The Morgan fingerprint density at radius 2 is 2.43 bits per heavy atom. The average molecular weight is 289 g/mol. The first-order valence-corrected chi connectivity index (χ1v) is 6.95. The van der Waals surface area contributed by atoms with Gasteiger partial charge in [-0.15, -0.1) is 6.58 Å². The number of carbonyl (C=O) groups is 1. The van der Waals surface area contributed by atoms with Gasteiger partial charge < -0.3 is 14.4 Å². The van der Waals surface area contributed by atoms with E-state index in [4.69, 9.17) is 9.47 Å². The van der Waals surface area contributed by atoms with E-state index < -0.39 is 0 Å². The summed E-state index contributed by atoms with van der Waals surface area (Å²) in [5.41, 5.74) is 1.24. The van der Waals surface area contributed by atoms with Crippen molar-refractivity contribution in [1.29, 1.82) is 0 Å². The monoisotopic (exact) mass is 289 g/mol. The Morgan fingerprint density at radius 3 is 3.14 bits per heavy atom. The van der Waals surface area contributed by atoms with Gasteiger partial charge in [-0.2, -0.15) is 0 Å². The van der Waals surface area contributed by atoms with Gasteiger partial charge in [0.25, 0.3) is 0 Å². The van der Waals surface area contributed by atoms with Crippen LogP contribution in [0.3, 0.4) is 0 Å². The zero-order chi connectivity index (χ0) is 15.0. The molecule has 1 aromatic rings. The number of hydrogen-bond donors (Lipinski definition) is 0. The standard InChI is InChI=1S/C16H16FNO3/c1-3-11-6-7-12(16(19)20-4-2)15-18(11)13-8-5-10(17)9-14(13)21-15/h3,5,8-9,11H,1,4,6-7H2,2H3/t11-/m0/s1. The third kappa shape index (κ3) is 2.18. The van der Waals surface area contributed by atoms with E-state index in [2.05, 4.69) is 6.58 Å². The molecule has 5 heteroatoms. The molecule has 0 saturated carbocycles. The van der Waals surface area contributed by atoms with Gasteiger partial charge in [0.05, 0.1) is 23.9 Å². The predicted octanol–water partition coefficient (Wildman–Crippen LogP) is 3.15. The molecule has 0 unspecified atom stereocenters. The van der Waals surface area contributed by atoms with Gasteiger partial charge >= 0.3 is 5.97 Å². The van der Waals surface area contributed by atoms with Crippen LogP contribution in [0.5, 0.6) is 5.75 Å².